The zero-order chi connectivity index (χ0) is 23.4. The first kappa shape index (κ1) is 22.3. The third kappa shape index (κ3) is 3.90. The molecule has 1 spiro atoms. The molecule has 1 amide bonds. The van der Waals surface area contributed by atoms with E-state index in [2.05, 4.69) is 84.3 Å². The summed E-state index contributed by atoms with van der Waals surface area (Å²) in [5, 5.41) is 0. The van der Waals surface area contributed by atoms with Gasteiger partial charge in [-0.15, -0.1) is 0 Å². The van der Waals surface area contributed by atoms with E-state index in [-0.39, 0.29) is 10.8 Å². The summed E-state index contributed by atoms with van der Waals surface area (Å²) in [6.07, 6.45) is 7.11. The van der Waals surface area contributed by atoms with Gasteiger partial charge in [0.15, 0.2) is 0 Å². The lowest BCUT2D eigenvalue weighted by atomic mass is 9.50. The Balaban J connectivity index is 1.14. The van der Waals surface area contributed by atoms with Crippen molar-refractivity contribution in [2.24, 2.45) is 22.7 Å². The molecule has 2 aromatic carbocycles. The lowest BCUT2D eigenvalue weighted by Gasteiger charge is -2.57. The maximum Gasteiger partial charge on any atom is 0.228 e. The topological polar surface area (TPSA) is 23.6 Å². The first-order chi connectivity index (χ1) is 16.4. The largest absolute Gasteiger partial charge is 0.341 e. The molecule has 2 bridgehead atoms. The molecule has 4 aliphatic rings. The second-order valence-electron chi connectivity index (χ2n) is 12.8. The Bertz CT molecular complexity index is 1030. The van der Waals surface area contributed by atoms with E-state index >= 15 is 0 Å². The van der Waals surface area contributed by atoms with Crippen molar-refractivity contribution in [3.05, 3.63) is 71.8 Å². The van der Waals surface area contributed by atoms with E-state index in [1.165, 1.54) is 36.8 Å². The summed E-state index contributed by atoms with van der Waals surface area (Å²) >= 11 is 0. The smallest absolute Gasteiger partial charge is 0.228 e. The quantitative estimate of drug-likeness (QED) is 0.572. The van der Waals surface area contributed by atoms with E-state index < -0.39 is 0 Å². The van der Waals surface area contributed by atoms with Gasteiger partial charge in [-0.25, -0.2) is 0 Å². The van der Waals surface area contributed by atoms with Gasteiger partial charge in [-0.3, -0.25) is 9.69 Å². The van der Waals surface area contributed by atoms with Crippen molar-refractivity contribution in [2.45, 2.75) is 64.3 Å². The predicted octanol–water partition coefficient (Wildman–Crippen LogP) is 5.90. The molecule has 3 heteroatoms. The van der Waals surface area contributed by atoms with Gasteiger partial charge in [-0.05, 0) is 73.4 Å². The fourth-order valence-electron chi connectivity index (χ4n) is 8.64. The highest BCUT2D eigenvalue weighted by Crippen LogP contribution is 2.59. The number of hydrogen-bond donors (Lipinski definition) is 0. The van der Waals surface area contributed by atoms with E-state index in [0.29, 0.717) is 17.2 Å². The molecule has 0 radical (unpaired) electrons. The van der Waals surface area contributed by atoms with Gasteiger partial charge in [0.1, 0.15) is 0 Å². The van der Waals surface area contributed by atoms with Crippen molar-refractivity contribution >= 4 is 5.91 Å². The van der Waals surface area contributed by atoms with Gasteiger partial charge >= 0.3 is 0 Å². The third-order valence-electron chi connectivity index (χ3n) is 9.63. The first-order valence-corrected chi connectivity index (χ1v) is 13.5. The van der Waals surface area contributed by atoms with Gasteiger partial charge < -0.3 is 4.90 Å². The standard InChI is InChI=1S/C31H40N2O/c1-24-15-26-17-29(2,20-31(16-24,18-26)27-11-7-4-8-12-27)28(34)33-22-30(23-33)13-14-32(21-30)19-25-9-5-3-6-10-25/h3-12,24,26H,13-23H2,1-2H3. The molecule has 2 saturated carbocycles. The zero-order valence-corrected chi connectivity index (χ0v) is 21.0. The normalized spacial score (nSPS) is 34.7. The highest BCUT2D eigenvalue weighted by atomic mass is 16.2. The Morgan fingerprint density at radius 2 is 1.65 bits per heavy atom. The number of fused-ring (bicyclic) bond motifs is 2. The fraction of sp³-hybridized carbons (Fsp3) is 0.581. The molecule has 2 aliphatic carbocycles. The van der Waals surface area contributed by atoms with Gasteiger partial charge in [0.25, 0.3) is 0 Å². The average Bonchev–Trinajstić information content (AvgIpc) is 3.22. The van der Waals surface area contributed by atoms with Crippen LogP contribution in [0.5, 0.6) is 0 Å². The van der Waals surface area contributed by atoms with Crippen LogP contribution in [0.25, 0.3) is 0 Å². The first-order valence-electron chi connectivity index (χ1n) is 13.5. The van der Waals surface area contributed by atoms with Gasteiger partial charge in [-0.2, -0.15) is 0 Å². The van der Waals surface area contributed by atoms with Crippen molar-refractivity contribution < 1.29 is 4.79 Å². The summed E-state index contributed by atoms with van der Waals surface area (Å²) in [5.41, 5.74) is 3.15. The van der Waals surface area contributed by atoms with Crippen LogP contribution in [0.3, 0.4) is 0 Å². The minimum atomic E-state index is -0.219. The number of rotatable bonds is 4. The molecule has 2 saturated heterocycles. The van der Waals surface area contributed by atoms with Gasteiger partial charge in [-0.1, -0.05) is 74.5 Å². The fourth-order valence-corrected chi connectivity index (χ4v) is 8.64. The Kier molecular flexibility index (Phi) is 5.40. The number of carbonyl (C=O) groups is 1. The lowest BCUT2D eigenvalue weighted by Crippen LogP contribution is -2.63. The van der Waals surface area contributed by atoms with Crippen LogP contribution in [-0.4, -0.2) is 41.9 Å². The number of carbonyl (C=O) groups excluding carboxylic acids is 1. The molecule has 2 heterocycles. The number of likely N-dealkylation sites (tertiary alicyclic amines) is 2. The number of benzene rings is 2. The molecular weight excluding hydrogens is 416 g/mol. The highest BCUT2D eigenvalue weighted by molar-refractivity contribution is 5.83. The van der Waals surface area contributed by atoms with Gasteiger partial charge in [0.05, 0.1) is 0 Å². The van der Waals surface area contributed by atoms with E-state index in [9.17, 15) is 4.79 Å². The van der Waals surface area contributed by atoms with Crippen LogP contribution in [0.1, 0.15) is 63.5 Å². The molecule has 2 aromatic rings. The van der Waals surface area contributed by atoms with Crippen LogP contribution in [0, 0.1) is 22.7 Å². The maximum atomic E-state index is 14.0. The predicted molar refractivity (Wildman–Crippen MR) is 137 cm³/mol. The van der Waals surface area contributed by atoms with Crippen molar-refractivity contribution in [2.75, 3.05) is 26.2 Å². The molecule has 34 heavy (non-hydrogen) atoms. The van der Waals surface area contributed by atoms with Crippen molar-refractivity contribution in [1.29, 1.82) is 0 Å². The molecule has 3 nitrogen and oxygen atoms in total. The second-order valence-corrected chi connectivity index (χ2v) is 12.8. The second kappa shape index (κ2) is 8.22. The molecule has 4 unspecified atom stereocenters. The van der Waals surface area contributed by atoms with Crippen molar-refractivity contribution in [1.82, 2.24) is 9.80 Å². The summed E-state index contributed by atoms with van der Waals surface area (Å²) < 4.78 is 0. The summed E-state index contributed by atoms with van der Waals surface area (Å²) in [6, 6.07) is 22.0. The summed E-state index contributed by atoms with van der Waals surface area (Å²) in [5.74, 6) is 1.87. The van der Waals surface area contributed by atoms with Crippen LogP contribution >= 0.6 is 0 Å². The zero-order valence-electron chi connectivity index (χ0n) is 21.0. The van der Waals surface area contributed by atoms with E-state index in [1.54, 1.807) is 0 Å². The van der Waals surface area contributed by atoms with Crippen molar-refractivity contribution in [3.63, 3.8) is 0 Å². The number of nitrogens with zero attached hydrogens (tertiary/aromatic N) is 2. The third-order valence-corrected chi connectivity index (χ3v) is 9.63. The van der Waals surface area contributed by atoms with Gasteiger partial charge in [0, 0.05) is 37.0 Å². The monoisotopic (exact) mass is 456 g/mol. The van der Waals surface area contributed by atoms with Gasteiger partial charge in [0.2, 0.25) is 5.91 Å². The van der Waals surface area contributed by atoms with E-state index in [0.717, 1.165) is 51.5 Å². The molecule has 180 valence electrons. The van der Waals surface area contributed by atoms with Crippen LogP contribution in [0.4, 0.5) is 0 Å². The Morgan fingerprint density at radius 3 is 2.38 bits per heavy atom. The molecule has 0 aromatic heterocycles. The lowest BCUT2D eigenvalue weighted by molar-refractivity contribution is -0.159. The Morgan fingerprint density at radius 1 is 0.941 bits per heavy atom. The summed E-state index contributed by atoms with van der Waals surface area (Å²) in [7, 11) is 0. The Hall–Kier alpha value is -2.13. The number of hydrogen-bond acceptors (Lipinski definition) is 2. The molecule has 4 fully saturated rings. The van der Waals surface area contributed by atoms with Crippen LogP contribution in [0.2, 0.25) is 0 Å². The number of amides is 1. The maximum absolute atomic E-state index is 14.0. The minimum absolute atomic E-state index is 0.175. The van der Waals surface area contributed by atoms with Crippen LogP contribution in [0.15, 0.2) is 60.7 Å². The molecule has 2 aliphatic heterocycles. The Labute approximate surface area is 205 Å². The van der Waals surface area contributed by atoms with Crippen molar-refractivity contribution in [3.8, 4) is 0 Å². The summed E-state index contributed by atoms with van der Waals surface area (Å²) in [4.78, 5) is 18.8. The highest BCUT2D eigenvalue weighted by Gasteiger charge is 2.57. The van der Waals surface area contributed by atoms with E-state index in [1.807, 2.05) is 0 Å². The molecule has 4 atom stereocenters. The minimum Gasteiger partial charge on any atom is -0.341 e. The van der Waals surface area contributed by atoms with E-state index in [4.69, 9.17) is 0 Å². The van der Waals surface area contributed by atoms with Crippen LogP contribution < -0.4 is 0 Å². The molecular formula is C31H40N2O. The van der Waals surface area contributed by atoms with Crippen LogP contribution in [-0.2, 0) is 16.8 Å². The molecule has 0 N–H and O–H groups in total. The summed E-state index contributed by atoms with van der Waals surface area (Å²) in [6.45, 7) is 9.99. The molecule has 6 rings (SSSR count). The average molecular weight is 457 g/mol. The SMILES string of the molecule is CC1CC2CC(C)(C(=O)N3CC4(CCN(Cc5ccccc5)C4)C3)CC(c3ccccc3)(C1)C2.